The first-order valence-corrected chi connectivity index (χ1v) is 11.4. The molecule has 1 aliphatic carbocycles. The highest BCUT2D eigenvalue weighted by atomic mass is 32.2. The Morgan fingerprint density at radius 1 is 0.818 bits per heavy atom. The van der Waals surface area contributed by atoms with E-state index in [0.717, 1.165) is 4.90 Å². The zero-order valence-corrected chi connectivity index (χ0v) is 18.9. The predicted molar refractivity (Wildman–Crippen MR) is 128 cm³/mol. The minimum Gasteiger partial charge on any atom is -0.481 e. The molecule has 8 nitrogen and oxygen atoms in total. The number of carboxylic acids is 1. The third-order valence-electron chi connectivity index (χ3n) is 5.07. The molecule has 2 atom stereocenters. The van der Waals surface area contributed by atoms with Crippen molar-refractivity contribution in [3.8, 4) is 0 Å². The van der Waals surface area contributed by atoms with Gasteiger partial charge in [-0.2, -0.15) is 0 Å². The summed E-state index contributed by atoms with van der Waals surface area (Å²) in [5.41, 5.74) is 1.86. The van der Waals surface area contributed by atoms with Crippen molar-refractivity contribution < 1.29 is 24.3 Å². The van der Waals surface area contributed by atoms with Crippen molar-refractivity contribution in [1.82, 2.24) is 0 Å². The Bertz CT molecular complexity index is 1050. The van der Waals surface area contributed by atoms with Crippen molar-refractivity contribution in [2.24, 2.45) is 11.8 Å². The Labute approximate surface area is 195 Å². The lowest BCUT2D eigenvalue weighted by Crippen LogP contribution is -2.34. The Morgan fingerprint density at radius 2 is 1.33 bits per heavy atom. The molecule has 2 unspecified atom stereocenters. The largest absolute Gasteiger partial charge is 0.481 e. The summed E-state index contributed by atoms with van der Waals surface area (Å²) in [6.45, 7) is 1.43. The average Bonchev–Trinajstić information content (AvgIpc) is 2.79. The van der Waals surface area contributed by atoms with Crippen molar-refractivity contribution in [1.29, 1.82) is 0 Å². The minimum atomic E-state index is -0.965. The van der Waals surface area contributed by atoms with Crippen molar-refractivity contribution in [2.75, 3.05) is 21.7 Å². The van der Waals surface area contributed by atoms with Gasteiger partial charge in [0, 0.05) is 28.9 Å². The molecule has 0 aromatic heterocycles. The zero-order valence-electron chi connectivity index (χ0n) is 18.0. The molecule has 33 heavy (non-hydrogen) atoms. The van der Waals surface area contributed by atoms with Gasteiger partial charge in [-0.05, 0) is 61.4 Å². The van der Waals surface area contributed by atoms with Crippen molar-refractivity contribution in [3.63, 3.8) is 0 Å². The number of amides is 3. The maximum atomic E-state index is 12.5. The number of aliphatic carboxylic acids is 1. The molecule has 0 aliphatic heterocycles. The van der Waals surface area contributed by atoms with E-state index in [1.54, 1.807) is 54.6 Å². The number of carbonyl (C=O) groups excluding carboxylic acids is 3. The molecule has 0 saturated carbocycles. The van der Waals surface area contributed by atoms with Gasteiger partial charge in [0.05, 0.1) is 17.6 Å². The fraction of sp³-hybridized carbons (Fsp3) is 0.250. The van der Waals surface area contributed by atoms with Gasteiger partial charge in [-0.3, -0.25) is 19.2 Å². The van der Waals surface area contributed by atoms with Gasteiger partial charge in [0.2, 0.25) is 17.7 Å². The lowest BCUT2D eigenvalue weighted by molar-refractivity contribution is -0.146. The molecule has 0 spiro atoms. The van der Waals surface area contributed by atoms with E-state index in [-0.39, 0.29) is 23.5 Å². The number of thioether (sulfide) groups is 1. The van der Waals surface area contributed by atoms with Crippen LogP contribution >= 0.6 is 11.8 Å². The predicted octanol–water partition coefficient (Wildman–Crippen LogP) is 3.98. The molecule has 2 aromatic carbocycles. The van der Waals surface area contributed by atoms with E-state index < -0.39 is 17.8 Å². The fourth-order valence-corrected chi connectivity index (χ4v) is 4.13. The second-order valence-corrected chi connectivity index (χ2v) is 8.65. The van der Waals surface area contributed by atoms with E-state index in [9.17, 15) is 24.3 Å². The normalized spacial score (nSPS) is 17.1. The Hall–Kier alpha value is -3.59. The first kappa shape index (κ1) is 24.1. The van der Waals surface area contributed by atoms with Crippen LogP contribution in [0.5, 0.6) is 0 Å². The average molecular weight is 468 g/mol. The molecule has 3 amide bonds. The second kappa shape index (κ2) is 11.3. The minimum absolute atomic E-state index is 0.163. The maximum Gasteiger partial charge on any atom is 0.307 e. The molecule has 1 aliphatic rings. The number of rotatable bonds is 8. The topological polar surface area (TPSA) is 125 Å². The maximum absolute atomic E-state index is 12.5. The third-order valence-corrected chi connectivity index (χ3v) is 6.08. The van der Waals surface area contributed by atoms with Crippen molar-refractivity contribution >= 4 is 52.5 Å². The summed E-state index contributed by atoms with van der Waals surface area (Å²) in [5, 5.41) is 17.6. The summed E-state index contributed by atoms with van der Waals surface area (Å²) in [6.07, 6.45) is 4.39. The van der Waals surface area contributed by atoms with Gasteiger partial charge >= 0.3 is 5.97 Å². The highest BCUT2D eigenvalue weighted by Gasteiger charge is 2.33. The number of anilines is 3. The highest BCUT2D eigenvalue weighted by Crippen LogP contribution is 2.28. The highest BCUT2D eigenvalue weighted by molar-refractivity contribution is 8.00. The molecule has 0 fully saturated rings. The van der Waals surface area contributed by atoms with E-state index in [0.29, 0.717) is 29.9 Å². The van der Waals surface area contributed by atoms with Gasteiger partial charge in [-0.25, -0.2) is 0 Å². The molecule has 3 rings (SSSR count). The Kier molecular flexibility index (Phi) is 8.26. The first-order valence-electron chi connectivity index (χ1n) is 10.4. The lowest BCUT2D eigenvalue weighted by Gasteiger charge is -2.24. The molecule has 2 aromatic rings. The molecule has 0 radical (unpaired) electrons. The van der Waals surface area contributed by atoms with E-state index in [1.807, 2.05) is 6.08 Å². The van der Waals surface area contributed by atoms with Crippen LogP contribution in [0.25, 0.3) is 0 Å². The smallest absolute Gasteiger partial charge is 0.307 e. The second-order valence-electron chi connectivity index (χ2n) is 7.60. The van der Waals surface area contributed by atoms with Crippen LogP contribution in [-0.4, -0.2) is 34.6 Å². The van der Waals surface area contributed by atoms with Crippen LogP contribution < -0.4 is 16.0 Å². The number of hydrogen-bond donors (Lipinski definition) is 4. The summed E-state index contributed by atoms with van der Waals surface area (Å²) in [7, 11) is 0. The zero-order chi connectivity index (χ0) is 23.8. The van der Waals surface area contributed by atoms with Gasteiger partial charge < -0.3 is 21.1 Å². The Morgan fingerprint density at radius 3 is 1.91 bits per heavy atom. The van der Waals surface area contributed by atoms with E-state index in [1.165, 1.54) is 18.7 Å². The quantitative estimate of drug-likeness (QED) is 0.344. The van der Waals surface area contributed by atoms with E-state index in [4.69, 9.17) is 0 Å². The standard InChI is InChI=1S/C24H25N3O5S/c1-15(28)25-16-6-8-17(9-7-16)26-22(29)14-33-19-12-10-18(11-13-19)27-23(30)20-4-2-3-5-21(20)24(31)32/h2-3,6-13,20-21H,4-5,14H2,1H3,(H,25,28)(H,26,29)(H,27,30)(H,31,32). The Balaban J connectivity index is 1.47. The lowest BCUT2D eigenvalue weighted by atomic mass is 9.82. The number of benzene rings is 2. The van der Waals surface area contributed by atoms with E-state index in [2.05, 4.69) is 16.0 Å². The van der Waals surface area contributed by atoms with Crippen LogP contribution in [0.15, 0.2) is 65.6 Å². The van der Waals surface area contributed by atoms with Crippen LogP contribution in [0.4, 0.5) is 17.1 Å². The number of allylic oxidation sites excluding steroid dienone is 2. The number of nitrogens with one attached hydrogen (secondary N) is 3. The summed E-state index contributed by atoms with van der Waals surface area (Å²) in [5.74, 6) is -2.72. The molecular formula is C24H25N3O5S. The SMILES string of the molecule is CC(=O)Nc1ccc(NC(=O)CSc2ccc(NC(=O)C3CC=CCC3C(=O)O)cc2)cc1. The van der Waals surface area contributed by atoms with Crippen LogP contribution in [-0.2, 0) is 19.2 Å². The van der Waals surface area contributed by atoms with Gasteiger partial charge in [0.15, 0.2) is 0 Å². The molecule has 0 heterocycles. The van der Waals surface area contributed by atoms with Crippen LogP contribution in [0.3, 0.4) is 0 Å². The summed E-state index contributed by atoms with van der Waals surface area (Å²) in [4.78, 5) is 48.1. The van der Waals surface area contributed by atoms with Gasteiger partial charge in [-0.1, -0.05) is 12.2 Å². The summed E-state index contributed by atoms with van der Waals surface area (Å²) in [6, 6.07) is 13.9. The number of carbonyl (C=O) groups is 4. The first-order chi connectivity index (χ1) is 15.8. The number of carboxylic acid groups (broad SMARTS) is 1. The van der Waals surface area contributed by atoms with Crippen LogP contribution in [0.2, 0.25) is 0 Å². The number of hydrogen-bond acceptors (Lipinski definition) is 5. The van der Waals surface area contributed by atoms with Crippen molar-refractivity contribution in [2.45, 2.75) is 24.7 Å². The molecular weight excluding hydrogens is 442 g/mol. The molecule has 172 valence electrons. The van der Waals surface area contributed by atoms with Crippen LogP contribution in [0, 0.1) is 11.8 Å². The molecule has 0 bridgehead atoms. The molecule has 0 saturated heterocycles. The summed E-state index contributed by atoms with van der Waals surface area (Å²) >= 11 is 1.35. The molecule has 4 N–H and O–H groups in total. The van der Waals surface area contributed by atoms with Gasteiger partial charge in [0.1, 0.15) is 0 Å². The van der Waals surface area contributed by atoms with Crippen molar-refractivity contribution in [3.05, 3.63) is 60.7 Å². The van der Waals surface area contributed by atoms with E-state index >= 15 is 0 Å². The van der Waals surface area contributed by atoms with Crippen LogP contribution in [0.1, 0.15) is 19.8 Å². The van der Waals surface area contributed by atoms with Gasteiger partial charge in [-0.15, -0.1) is 11.8 Å². The summed E-state index contributed by atoms with van der Waals surface area (Å²) < 4.78 is 0. The third kappa shape index (κ3) is 7.21. The monoisotopic (exact) mass is 467 g/mol. The fourth-order valence-electron chi connectivity index (χ4n) is 3.43. The van der Waals surface area contributed by atoms with Gasteiger partial charge in [0.25, 0.3) is 0 Å². The molecule has 9 heteroatoms.